The van der Waals surface area contributed by atoms with Gasteiger partial charge in [-0.3, -0.25) is 0 Å². The average molecular weight is 896 g/mol. The van der Waals surface area contributed by atoms with Crippen molar-refractivity contribution in [2.75, 3.05) is 0 Å². The zero-order valence-corrected chi connectivity index (χ0v) is 37.4. The van der Waals surface area contributed by atoms with Crippen molar-refractivity contribution in [2.45, 2.75) is 0 Å². The minimum atomic E-state index is 0.497. The van der Waals surface area contributed by atoms with Crippen molar-refractivity contribution >= 4 is 65.6 Å². The minimum Gasteiger partial charge on any atom is -0.434 e. The third-order valence-corrected chi connectivity index (χ3v) is 13.3. The second-order valence-electron chi connectivity index (χ2n) is 17.5. The summed E-state index contributed by atoms with van der Waals surface area (Å²) in [5, 5.41) is 7.93. The fraction of sp³-hybridized carbons (Fsp3) is 0. The van der Waals surface area contributed by atoms with Crippen LogP contribution in [0.1, 0.15) is 0 Å². The molecule has 5 heterocycles. The van der Waals surface area contributed by atoms with E-state index in [4.69, 9.17) is 34.3 Å². The van der Waals surface area contributed by atoms with E-state index in [0.29, 0.717) is 45.8 Å². The van der Waals surface area contributed by atoms with Crippen LogP contribution in [0.4, 0.5) is 0 Å². The number of aromatic nitrogens is 7. The largest absolute Gasteiger partial charge is 0.434 e. The Labute approximate surface area is 400 Å². The van der Waals surface area contributed by atoms with Crippen LogP contribution in [0.3, 0.4) is 0 Å². The molecule has 326 valence electrons. The van der Waals surface area contributed by atoms with Crippen LogP contribution < -0.4 is 0 Å². The average Bonchev–Trinajstić information content (AvgIpc) is 3.98. The standard InChI is InChI=1S/C62H37N7O/c1-3-13-39(14-4-1)58-64-55(46-28-27-45-33-43-17-7-8-18-44(43)34-47(45)35-46)57-56(65-58)52-36-48(37-63-62(52)70-57)38-23-25-41(26-24-38)60-66-59(40-15-5-2-6-16-40)67-61(68-60)42-29-31-49(32-30-42)69-53-21-11-9-19-50(53)51-20-10-12-22-54(51)69/h1-37H. The van der Waals surface area contributed by atoms with E-state index < -0.39 is 0 Å². The van der Waals surface area contributed by atoms with Crippen molar-refractivity contribution in [3.63, 3.8) is 0 Å². The summed E-state index contributed by atoms with van der Waals surface area (Å²) in [6, 6.07) is 75.5. The van der Waals surface area contributed by atoms with E-state index in [1.54, 1.807) is 0 Å². The van der Waals surface area contributed by atoms with E-state index in [2.05, 4.69) is 162 Å². The monoisotopic (exact) mass is 895 g/mol. The summed E-state index contributed by atoms with van der Waals surface area (Å²) in [4.78, 5) is 30.3. The van der Waals surface area contributed by atoms with Gasteiger partial charge in [-0.1, -0.05) is 158 Å². The first-order valence-corrected chi connectivity index (χ1v) is 23.3. The molecule has 0 saturated heterocycles. The Morgan fingerprint density at radius 1 is 0.329 bits per heavy atom. The molecular formula is C62H37N7O. The first kappa shape index (κ1) is 39.5. The number of furan rings is 1. The maximum absolute atomic E-state index is 6.57. The van der Waals surface area contributed by atoms with Crippen LogP contribution in [0.2, 0.25) is 0 Å². The molecule has 5 aromatic heterocycles. The number of fused-ring (bicyclic) bond motifs is 8. The van der Waals surface area contributed by atoms with E-state index in [-0.39, 0.29) is 0 Å². The third kappa shape index (κ3) is 6.69. The summed E-state index contributed by atoms with van der Waals surface area (Å²) in [6.07, 6.45) is 1.85. The lowest BCUT2D eigenvalue weighted by Gasteiger charge is -2.11. The molecule has 14 aromatic rings. The quantitative estimate of drug-likeness (QED) is 0.147. The molecule has 70 heavy (non-hydrogen) atoms. The summed E-state index contributed by atoms with van der Waals surface area (Å²) in [6.45, 7) is 0. The molecule has 0 amide bonds. The molecule has 0 N–H and O–H groups in total. The van der Waals surface area contributed by atoms with Gasteiger partial charge in [0.15, 0.2) is 28.9 Å². The molecule has 0 fully saturated rings. The molecule has 14 rings (SSSR count). The van der Waals surface area contributed by atoms with Crippen molar-refractivity contribution in [2.24, 2.45) is 0 Å². The van der Waals surface area contributed by atoms with Gasteiger partial charge in [-0.25, -0.2) is 29.9 Å². The highest BCUT2D eigenvalue weighted by molar-refractivity contribution is 6.10. The molecule has 0 bridgehead atoms. The van der Waals surface area contributed by atoms with E-state index >= 15 is 0 Å². The van der Waals surface area contributed by atoms with Gasteiger partial charge in [0.05, 0.1) is 16.4 Å². The van der Waals surface area contributed by atoms with Crippen LogP contribution in [0.5, 0.6) is 0 Å². The van der Waals surface area contributed by atoms with Gasteiger partial charge < -0.3 is 8.98 Å². The fourth-order valence-electron chi connectivity index (χ4n) is 9.81. The molecule has 0 aliphatic carbocycles. The highest BCUT2D eigenvalue weighted by Crippen LogP contribution is 2.39. The fourth-order valence-corrected chi connectivity index (χ4v) is 9.81. The van der Waals surface area contributed by atoms with Crippen LogP contribution in [-0.4, -0.2) is 34.5 Å². The summed E-state index contributed by atoms with van der Waals surface area (Å²) in [5.74, 6) is 2.39. The lowest BCUT2D eigenvalue weighted by molar-refractivity contribution is 0.653. The molecule has 0 aliphatic rings. The summed E-state index contributed by atoms with van der Waals surface area (Å²) in [7, 11) is 0. The molecule has 0 spiro atoms. The van der Waals surface area contributed by atoms with Crippen LogP contribution in [0.25, 0.3) is 139 Å². The predicted octanol–water partition coefficient (Wildman–Crippen LogP) is 15.4. The van der Waals surface area contributed by atoms with Crippen LogP contribution in [0, 0.1) is 0 Å². The molecule has 0 radical (unpaired) electrons. The number of para-hydroxylation sites is 2. The van der Waals surface area contributed by atoms with Crippen LogP contribution in [0.15, 0.2) is 229 Å². The Hall–Kier alpha value is -9.66. The third-order valence-electron chi connectivity index (χ3n) is 13.3. The molecule has 8 heteroatoms. The molecule has 0 saturated carbocycles. The smallest absolute Gasteiger partial charge is 0.229 e. The Kier molecular flexibility index (Phi) is 9.03. The Balaban J connectivity index is 0.840. The lowest BCUT2D eigenvalue weighted by atomic mass is 10.00. The molecule has 9 aromatic carbocycles. The van der Waals surface area contributed by atoms with Gasteiger partial charge in [-0.2, -0.15) is 0 Å². The lowest BCUT2D eigenvalue weighted by Crippen LogP contribution is -2.00. The maximum Gasteiger partial charge on any atom is 0.229 e. The summed E-state index contributed by atoms with van der Waals surface area (Å²) >= 11 is 0. The SMILES string of the molecule is c1ccc(-c2nc(-c3ccc(-c4cnc5oc6c(-c7ccc8cc9ccccc9cc8c7)nc(-c7ccccc7)nc6c5c4)cc3)nc(-c3ccc(-n4c5ccccc5c5ccccc54)cc3)n2)cc1. The van der Waals surface area contributed by atoms with Crippen molar-refractivity contribution in [1.29, 1.82) is 0 Å². The topological polar surface area (TPSA) is 95.4 Å². The Morgan fingerprint density at radius 3 is 1.44 bits per heavy atom. The number of hydrogen-bond donors (Lipinski definition) is 0. The Bertz CT molecular complexity index is 4280. The van der Waals surface area contributed by atoms with Gasteiger partial charge in [0.1, 0.15) is 11.2 Å². The van der Waals surface area contributed by atoms with Gasteiger partial charge in [0.2, 0.25) is 5.71 Å². The van der Waals surface area contributed by atoms with Gasteiger partial charge >= 0.3 is 0 Å². The van der Waals surface area contributed by atoms with Crippen molar-refractivity contribution in [3.05, 3.63) is 225 Å². The number of pyridine rings is 1. The van der Waals surface area contributed by atoms with Gasteiger partial charge in [-0.05, 0) is 87.8 Å². The second-order valence-corrected chi connectivity index (χ2v) is 17.5. The van der Waals surface area contributed by atoms with E-state index in [0.717, 1.165) is 71.8 Å². The van der Waals surface area contributed by atoms with Crippen LogP contribution >= 0.6 is 0 Å². The number of benzene rings is 9. The van der Waals surface area contributed by atoms with E-state index in [1.165, 1.54) is 21.5 Å². The first-order valence-electron chi connectivity index (χ1n) is 23.3. The first-order chi connectivity index (χ1) is 34.6. The van der Waals surface area contributed by atoms with Gasteiger partial charge in [-0.15, -0.1) is 0 Å². The zero-order chi connectivity index (χ0) is 46.1. The maximum atomic E-state index is 6.57. The normalized spacial score (nSPS) is 11.7. The molecule has 0 atom stereocenters. The number of hydrogen-bond acceptors (Lipinski definition) is 7. The zero-order valence-electron chi connectivity index (χ0n) is 37.4. The number of rotatable bonds is 7. The second kappa shape index (κ2) is 16.0. The summed E-state index contributed by atoms with van der Waals surface area (Å²) < 4.78 is 8.89. The van der Waals surface area contributed by atoms with Crippen molar-refractivity contribution < 1.29 is 4.42 Å². The summed E-state index contributed by atoms with van der Waals surface area (Å²) in [5.41, 5.74) is 12.3. The molecular weight excluding hydrogens is 859 g/mol. The van der Waals surface area contributed by atoms with Crippen molar-refractivity contribution in [1.82, 2.24) is 34.5 Å². The number of nitrogens with zero attached hydrogens (tertiary/aromatic N) is 7. The van der Waals surface area contributed by atoms with Gasteiger partial charge in [0.25, 0.3) is 0 Å². The van der Waals surface area contributed by atoms with E-state index in [9.17, 15) is 0 Å². The molecule has 0 aliphatic heterocycles. The molecule has 0 unspecified atom stereocenters. The van der Waals surface area contributed by atoms with Crippen LogP contribution in [-0.2, 0) is 0 Å². The minimum absolute atomic E-state index is 0.497. The van der Waals surface area contributed by atoms with Gasteiger partial charge in [0, 0.05) is 56.0 Å². The highest BCUT2D eigenvalue weighted by atomic mass is 16.3. The predicted molar refractivity (Wildman–Crippen MR) is 282 cm³/mol. The Morgan fingerprint density at radius 2 is 0.814 bits per heavy atom. The van der Waals surface area contributed by atoms with E-state index in [1.807, 2.05) is 66.9 Å². The highest BCUT2D eigenvalue weighted by Gasteiger charge is 2.21. The molecule has 8 nitrogen and oxygen atoms in total. The van der Waals surface area contributed by atoms with Crippen molar-refractivity contribution in [3.8, 4) is 73.6 Å².